The van der Waals surface area contributed by atoms with Gasteiger partial charge in [0.2, 0.25) is 11.8 Å². The molecule has 0 unspecified atom stereocenters. The van der Waals surface area contributed by atoms with Gasteiger partial charge in [-0.05, 0) is 31.6 Å². The number of hydrogen-bond donors (Lipinski definition) is 3. The summed E-state index contributed by atoms with van der Waals surface area (Å²) in [6.07, 6.45) is 2.44. The largest absolute Gasteiger partial charge is 0.483 e. The fourth-order valence-electron chi connectivity index (χ4n) is 4.54. The van der Waals surface area contributed by atoms with Crippen LogP contribution in [0.5, 0.6) is 5.75 Å². The van der Waals surface area contributed by atoms with Gasteiger partial charge in [-0.25, -0.2) is 0 Å². The Bertz CT molecular complexity index is 846. The fourth-order valence-corrected chi connectivity index (χ4v) is 4.54. The second kappa shape index (κ2) is 5.95. The number of carbonyl (C=O) groups is 3. The van der Waals surface area contributed by atoms with E-state index in [9.17, 15) is 14.4 Å². The van der Waals surface area contributed by atoms with E-state index in [0.29, 0.717) is 18.5 Å². The Labute approximate surface area is 156 Å². The van der Waals surface area contributed by atoms with E-state index in [4.69, 9.17) is 4.74 Å². The van der Waals surface area contributed by atoms with Crippen molar-refractivity contribution in [3.8, 4) is 5.75 Å². The van der Waals surface area contributed by atoms with Crippen molar-refractivity contribution in [2.75, 3.05) is 25.0 Å². The van der Waals surface area contributed by atoms with Crippen molar-refractivity contribution < 1.29 is 19.1 Å². The van der Waals surface area contributed by atoms with Crippen molar-refractivity contribution in [2.45, 2.75) is 43.9 Å². The highest BCUT2D eigenvalue weighted by molar-refractivity contribution is 6.06. The number of amides is 3. The maximum absolute atomic E-state index is 13.0. The van der Waals surface area contributed by atoms with Crippen LogP contribution in [0, 0.1) is 0 Å². The Morgan fingerprint density at radius 1 is 1.15 bits per heavy atom. The zero-order valence-corrected chi connectivity index (χ0v) is 15.0. The van der Waals surface area contributed by atoms with Crippen LogP contribution in [0.3, 0.4) is 0 Å². The molecule has 4 aliphatic rings. The molecule has 0 saturated carbocycles. The second-order valence-corrected chi connectivity index (χ2v) is 7.76. The van der Waals surface area contributed by atoms with Gasteiger partial charge in [-0.15, -0.1) is 0 Å². The predicted molar refractivity (Wildman–Crippen MR) is 96.4 cm³/mol. The minimum Gasteiger partial charge on any atom is -0.483 e. The molecule has 142 valence electrons. The molecule has 0 aliphatic carbocycles. The van der Waals surface area contributed by atoms with Gasteiger partial charge in [0.05, 0.1) is 18.8 Å². The lowest BCUT2D eigenvalue weighted by Gasteiger charge is -2.42. The Morgan fingerprint density at radius 3 is 2.74 bits per heavy atom. The molecule has 4 aliphatic heterocycles. The van der Waals surface area contributed by atoms with Crippen molar-refractivity contribution in [1.29, 1.82) is 0 Å². The number of anilines is 1. The zero-order valence-electron chi connectivity index (χ0n) is 15.0. The first-order valence-electron chi connectivity index (χ1n) is 9.50. The van der Waals surface area contributed by atoms with Crippen LogP contribution in [0.25, 0.3) is 0 Å². The van der Waals surface area contributed by atoms with Crippen LogP contribution in [0.2, 0.25) is 0 Å². The van der Waals surface area contributed by atoms with Crippen molar-refractivity contribution in [3.05, 3.63) is 23.3 Å². The zero-order chi connectivity index (χ0) is 18.6. The lowest BCUT2D eigenvalue weighted by molar-refractivity contribution is -0.136. The molecule has 2 fully saturated rings. The first-order valence-corrected chi connectivity index (χ1v) is 9.50. The Balaban J connectivity index is 1.46. The quantitative estimate of drug-likeness (QED) is 0.618. The van der Waals surface area contributed by atoms with E-state index in [0.717, 1.165) is 49.5 Å². The number of rotatable bonds is 1. The van der Waals surface area contributed by atoms with Gasteiger partial charge in [0.15, 0.2) is 0 Å². The fraction of sp³-hybridized carbons (Fsp3) is 0.526. The molecule has 0 radical (unpaired) electrons. The van der Waals surface area contributed by atoms with E-state index in [1.54, 1.807) is 11.0 Å². The van der Waals surface area contributed by atoms with Gasteiger partial charge in [0.1, 0.15) is 17.4 Å². The number of benzene rings is 1. The first-order chi connectivity index (χ1) is 13.1. The second-order valence-electron chi connectivity index (χ2n) is 7.76. The number of ether oxygens (including phenoxy) is 1. The third-order valence-corrected chi connectivity index (χ3v) is 6.10. The summed E-state index contributed by atoms with van der Waals surface area (Å²) in [6.45, 7) is 2.91. The summed E-state index contributed by atoms with van der Waals surface area (Å²) >= 11 is 0. The molecule has 2 saturated heterocycles. The number of carbonyl (C=O) groups excluding carboxylic acids is 3. The molecule has 5 rings (SSSR count). The van der Waals surface area contributed by atoms with E-state index in [1.165, 1.54) is 0 Å². The van der Waals surface area contributed by atoms with E-state index in [2.05, 4.69) is 16.0 Å². The third-order valence-electron chi connectivity index (χ3n) is 6.10. The lowest BCUT2D eigenvalue weighted by Crippen LogP contribution is -2.53. The van der Waals surface area contributed by atoms with Crippen LogP contribution in [-0.2, 0) is 16.1 Å². The van der Waals surface area contributed by atoms with Gasteiger partial charge in [-0.3, -0.25) is 19.7 Å². The standard InChI is InChI=1S/C19H22N4O4/c24-15-4-3-14(17(25)22-15)23-9-12-11(18(23)26)1-2-13-16(12)27-19(10-21-13)5-7-20-8-6-19/h1-2,14,20-21H,3-10H2,(H,22,24,25)/t14-/m0/s1. The van der Waals surface area contributed by atoms with E-state index < -0.39 is 11.9 Å². The summed E-state index contributed by atoms with van der Waals surface area (Å²) in [6, 6.07) is 3.08. The maximum Gasteiger partial charge on any atom is 0.255 e. The van der Waals surface area contributed by atoms with Crippen LogP contribution in [0.1, 0.15) is 41.6 Å². The number of piperidine rings is 2. The normalized spacial score (nSPS) is 26.1. The molecule has 8 heteroatoms. The third kappa shape index (κ3) is 2.58. The number of fused-ring (bicyclic) bond motifs is 3. The average molecular weight is 370 g/mol. The number of hydrogen-bond acceptors (Lipinski definition) is 6. The van der Waals surface area contributed by atoms with Crippen LogP contribution >= 0.6 is 0 Å². The SMILES string of the molecule is O=C1CC[C@H](N2Cc3c(ccc4c3OC3(CCNCC3)CN4)C2=O)C(=O)N1. The molecule has 1 aromatic rings. The maximum atomic E-state index is 13.0. The molecule has 0 aromatic heterocycles. The van der Waals surface area contributed by atoms with Gasteiger partial charge in [0, 0.05) is 30.4 Å². The Hall–Kier alpha value is -2.61. The van der Waals surface area contributed by atoms with Crippen molar-refractivity contribution in [3.63, 3.8) is 0 Å². The smallest absolute Gasteiger partial charge is 0.255 e. The minimum absolute atomic E-state index is 0.171. The molecule has 27 heavy (non-hydrogen) atoms. The summed E-state index contributed by atoms with van der Waals surface area (Å²) in [5.74, 6) is -0.104. The molecule has 1 aromatic carbocycles. The van der Waals surface area contributed by atoms with Crippen molar-refractivity contribution >= 4 is 23.4 Å². The van der Waals surface area contributed by atoms with Gasteiger partial charge >= 0.3 is 0 Å². The highest BCUT2D eigenvalue weighted by Crippen LogP contribution is 2.44. The highest BCUT2D eigenvalue weighted by atomic mass is 16.5. The summed E-state index contributed by atoms with van der Waals surface area (Å²) in [5, 5.41) is 9.17. The summed E-state index contributed by atoms with van der Waals surface area (Å²) in [5.41, 5.74) is 2.08. The van der Waals surface area contributed by atoms with E-state index in [-0.39, 0.29) is 23.8 Å². The van der Waals surface area contributed by atoms with Gasteiger partial charge in [-0.1, -0.05) is 0 Å². The number of nitrogens with zero attached hydrogens (tertiary/aromatic N) is 1. The minimum atomic E-state index is -0.609. The first kappa shape index (κ1) is 16.6. The van der Waals surface area contributed by atoms with E-state index >= 15 is 0 Å². The molecular formula is C19H22N4O4. The number of imide groups is 1. The molecular weight excluding hydrogens is 348 g/mol. The van der Waals surface area contributed by atoms with Crippen molar-refractivity contribution in [2.24, 2.45) is 0 Å². The van der Waals surface area contributed by atoms with Crippen LogP contribution in [-0.4, -0.2) is 53.9 Å². The van der Waals surface area contributed by atoms with E-state index in [1.807, 2.05) is 6.07 Å². The monoisotopic (exact) mass is 370 g/mol. The predicted octanol–water partition coefficient (Wildman–Crippen LogP) is 0.374. The van der Waals surface area contributed by atoms with Crippen LogP contribution < -0.4 is 20.7 Å². The molecule has 3 amide bonds. The Kier molecular flexibility index (Phi) is 3.65. The summed E-state index contributed by atoms with van der Waals surface area (Å²) in [7, 11) is 0. The molecule has 1 spiro atoms. The molecule has 4 heterocycles. The highest BCUT2D eigenvalue weighted by Gasteiger charge is 2.44. The number of nitrogens with one attached hydrogen (secondary N) is 3. The van der Waals surface area contributed by atoms with Crippen LogP contribution in [0.15, 0.2) is 12.1 Å². The average Bonchev–Trinajstić information content (AvgIpc) is 3.00. The van der Waals surface area contributed by atoms with Crippen molar-refractivity contribution in [1.82, 2.24) is 15.5 Å². The lowest BCUT2D eigenvalue weighted by atomic mass is 9.90. The van der Waals surface area contributed by atoms with Gasteiger partial charge in [0.25, 0.3) is 5.91 Å². The molecule has 3 N–H and O–H groups in total. The molecule has 8 nitrogen and oxygen atoms in total. The topological polar surface area (TPSA) is 99.8 Å². The van der Waals surface area contributed by atoms with Gasteiger partial charge < -0.3 is 20.3 Å². The molecule has 1 atom stereocenters. The Morgan fingerprint density at radius 2 is 1.96 bits per heavy atom. The summed E-state index contributed by atoms with van der Waals surface area (Å²) < 4.78 is 6.50. The van der Waals surface area contributed by atoms with Gasteiger partial charge in [-0.2, -0.15) is 0 Å². The molecule has 0 bridgehead atoms. The summed E-state index contributed by atoms with van der Waals surface area (Å²) in [4.78, 5) is 38.2. The van der Waals surface area contributed by atoms with Crippen LogP contribution in [0.4, 0.5) is 5.69 Å².